The molecule has 0 amide bonds. The molecule has 2 aliphatic rings. The molecule has 1 N–H and O–H groups in total. The molecular formula is C28H39N3O2. The maximum Gasteiger partial charge on any atom is 0.202 e. The molecule has 33 heavy (non-hydrogen) atoms. The summed E-state index contributed by atoms with van der Waals surface area (Å²) in [4.78, 5) is 25.3. The third-order valence-corrected chi connectivity index (χ3v) is 6.49. The average Bonchev–Trinajstić information content (AvgIpc) is 3.11. The minimum absolute atomic E-state index is 0.0383. The normalized spacial score (nSPS) is 25.2. The third-order valence-electron chi connectivity index (χ3n) is 6.49. The van der Waals surface area contributed by atoms with Crippen molar-refractivity contribution in [3.05, 3.63) is 52.9 Å². The summed E-state index contributed by atoms with van der Waals surface area (Å²) in [6.45, 7) is 14.2. The number of allylic oxidation sites excluding steroid dienone is 2. The zero-order chi connectivity index (χ0) is 26.7. The Morgan fingerprint density at radius 3 is 2.52 bits per heavy atom. The summed E-state index contributed by atoms with van der Waals surface area (Å²) >= 11 is 0. The van der Waals surface area contributed by atoms with Crippen molar-refractivity contribution < 1.29 is 13.6 Å². The lowest BCUT2D eigenvalue weighted by Gasteiger charge is -2.45. The summed E-state index contributed by atoms with van der Waals surface area (Å²) < 4.78 is 33.0. The van der Waals surface area contributed by atoms with Crippen molar-refractivity contribution in [2.24, 2.45) is 5.41 Å². The molecular weight excluding hydrogens is 410 g/mol. The number of carbonyl (C=O) groups is 1. The lowest BCUT2D eigenvalue weighted by atomic mass is 9.76. The van der Waals surface area contributed by atoms with Crippen molar-refractivity contribution in [3.8, 4) is 0 Å². The van der Waals surface area contributed by atoms with E-state index in [9.17, 15) is 4.79 Å². The largest absolute Gasteiger partial charge is 0.370 e. The molecule has 0 atom stereocenters. The van der Waals surface area contributed by atoms with E-state index in [2.05, 4.69) is 37.7 Å². The van der Waals surface area contributed by atoms with Crippen LogP contribution in [0.15, 0.2) is 24.4 Å². The molecule has 3 heterocycles. The number of H-pyrrole nitrogens is 1. The van der Waals surface area contributed by atoms with Gasteiger partial charge in [0.05, 0.1) is 18.3 Å². The Bertz CT molecular complexity index is 1190. The molecule has 0 unspecified atom stereocenters. The monoisotopic (exact) mass is 452 g/mol. The topological polar surface area (TPSA) is 67.9 Å². The minimum atomic E-state index is -1.72. The van der Waals surface area contributed by atoms with Gasteiger partial charge >= 0.3 is 0 Å². The van der Waals surface area contributed by atoms with Gasteiger partial charge in [-0.3, -0.25) is 9.78 Å². The van der Waals surface area contributed by atoms with Gasteiger partial charge in [-0.25, -0.2) is 4.98 Å². The van der Waals surface area contributed by atoms with Gasteiger partial charge in [-0.05, 0) is 89.3 Å². The fourth-order valence-corrected chi connectivity index (χ4v) is 5.15. The molecule has 178 valence electrons. The number of hydrogen-bond acceptors (Lipinski definition) is 4. The summed E-state index contributed by atoms with van der Waals surface area (Å²) in [7, 11) is 0. The Morgan fingerprint density at radius 1 is 1.21 bits per heavy atom. The van der Waals surface area contributed by atoms with Crippen molar-refractivity contribution in [1.29, 1.82) is 0 Å². The number of pyridine rings is 1. The van der Waals surface area contributed by atoms with Crippen LogP contribution in [0, 0.1) is 12.3 Å². The van der Waals surface area contributed by atoms with Gasteiger partial charge in [0.2, 0.25) is 5.78 Å². The Labute approximate surface area is 202 Å². The first kappa shape index (κ1) is 20.1. The number of aromatic nitrogens is 3. The second-order valence-corrected chi connectivity index (χ2v) is 11.7. The van der Waals surface area contributed by atoms with E-state index in [0.717, 1.165) is 24.2 Å². The summed E-state index contributed by atoms with van der Waals surface area (Å²) in [6.07, 6.45) is 2.28. The van der Waals surface area contributed by atoms with Gasteiger partial charge in [-0.15, -0.1) is 0 Å². The highest BCUT2D eigenvalue weighted by Crippen LogP contribution is 2.44. The highest BCUT2D eigenvalue weighted by atomic mass is 16.5. The molecule has 4 rings (SSSR count). The van der Waals surface area contributed by atoms with E-state index in [0.29, 0.717) is 29.7 Å². The zero-order valence-electron chi connectivity index (χ0n) is 24.1. The smallest absolute Gasteiger partial charge is 0.202 e. The van der Waals surface area contributed by atoms with Crippen LogP contribution in [-0.2, 0) is 11.2 Å². The summed E-state index contributed by atoms with van der Waals surface area (Å²) in [5.74, 6) is 0.222. The fraction of sp³-hybridized carbons (Fsp3) is 0.607. The van der Waals surface area contributed by atoms with Crippen molar-refractivity contribution >= 4 is 11.4 Å². The van der Waals surface area contributed by atoms with E-state index >= 15 is 0 Å². The highest BCUT2D eigenvalue weighted by Gasteiger charge is 2.40. The molecule has 0 bridgehead atoms. The van der Waals surface area contributed by atoms with E-state index in [-0.39, 0.29) is 46.6 Å². The molecule has 0 aromatic carbocycles. The Hall–Kier alpha value is -2.27. The Morgan fingerprint density at radius 2 is 1.91 bits per heavy atom. The van der Waals surface area contributed by atoms with Crippen LogP contribution in [0.3, 0.4) is 0 Å². The van der Waals surface area contributed by atoms with Gasteiger partial charge in [0.25, 0.3) is 0 Å². The van der Waals surface area contributed by atoms with E-state index in [1.807, 2.05) is 32.9 Å². The van der Waals surface area contributed by atoms with Gasteiger partial charge in [-0.2, -0.15) is 0 Å². The van der Waals surface area contributed by atoms with Crippen LogP contribution in [0.25, 0.3) is 5.57 Å². The van der Waals surface area contributed by atoms with Crippen LogP contribution >= 0.6 is 0 Å². The number of nitrogens with zero attached hydrogens (tertiary/aromatic N) is 2. The van der Waals surface area contributed by atoms with Gasteiger partial charge < -0.3 is 9.72 Å². The number of aromatic amines is 1. The lowest BCUT2D eigenvalue weighted by molar-refractivity contribution is -0.162. The number of Topliss-reactive ketones (excluding diaryl/α,β-unsaturated/α-hetero) is 1. The minimum Gasteiger partial charge on any atom is -0.370 e. The molecule has 5 heteroatoms. The van der Waals surface area contributed by atoms with Crippen molar-refractivity contribution in [2.45, 2.75) is 104 Å². The Kier molecular flexibility index (Phi) is 5.19. The predicted octanol–water partition coefficient (Wildman–Crippen LogP) is 6.58. The maximum absolute atomic E-state index is 13.1. The van der Waals surface area contributed by atoms with E-state index < -0.39 is 6.37 Å². The summed E-state index contributed by atoms with van der Waals surface area (Å²) in [6, 6.07) is 4.13. The number of carbonyl (C=O) groups excluding carboxylic acids is 1. The van der Waals surface area contributed by atoms with Crippen LogP contribution in [0.5, 0.6) is 0 Å². The van der Waals surface area contributed by atoms with Crippen molar-refractivity contribution in [2.75, 3.05) is 0 Å². The van der Waals surface area contributed by atoms with Crippen LogP contribution in [0.4, 0.5) is 0 Å². The second-order valence-electron chi connectivity index (χ2n) is 11.7. The molecule has 1 aliphatic heterocycles. The maximum atomic E-state index is 13.1. The average molecular weight is 453 g/mol. The van der Waals surface area contributed by atoms with Crippen molar-refractivity contribution in [3.63, 3.8) is 0 Å². The first-order valence-corrected chi connectivity index (χ1v) is 11.9. The third kappa shape index (κ3) is 5.63. The molecule has 5 nitrogen and oxygen atoms in total. The van der Waals surface area contributed by atoms with E-state index in [4.69, 9.17) is 13.8 Å². The molecule has 0 saturated carbocycles. The summed E-state index contributed by atoms with van der Waals surface area (Å²) in [5, 5.41) is 0. The van der Waals surface area contributed by atoms with Crippen molar-refractivity contribution in [1.82, 2.24) is 15.0 Å². The molecule has 2 aromatic rings. The number of aryl methyl sites for hydroxylation is 1. The van der Waals surface area contributed by atoms with Crippen LogP contribution < -0.4 is 0 Å². The second kappa shape index (κ2) is 8.50. The molecule has 1 aliphatic carbocycles. The van der Waals surface area contributed by atoms with Gasteiger partial charge in [0, 0.05) is 32.7 Å². The first-order chi connectivity index (χ1) is 16.5. The number of rotatable bonds is 5. The van der Waals surface area contributed by atoms with Crippen LogP contribution in [0.2, 0.25) is 0 Å². The van der Waals surface area contributed by atoms with E-state index in [1.165, 1.54) is 0 Å². The van der Waals surface area contributed by atoms with Crippen LogP contribution in [0.1, 0.15) is 117 Å². The molecule has 0 radical (unpaired) electrons. The predicted molar refractivity (Wildman–Crippen MR) is 132 cm³/mol. The highest BCUT2D eigenvalue weighted by molar-refractivity contribution is 5.94. The first-order valence-electron chi connectivity index (χ1n) is 13.4. The SMILES string of the molecule is [2H]C1=C(c2nc(C3CC(C)(C)OC(C)(C)C3)ccc2CC(=O)c2ncc(C)[nH]2)C([2H])([2H])CC(C)(C)C1. The number of nitrogens with one attached hydrogen (secondary N) is 1. The number of ether oxygens (including phenoxy) is 1. The number of imidazole rings is 1. The van der Waals surface area contributed by atoms with Crippen LogP contribution in [-0.4, -0.2) is 31.9 Å². The number of ketones is 1. The molecule has 1 fully saturated rings. The van der Waals surface area contributed by atoms with E-state index in [1.54, 1.807) is 6.20 Å². The van der Waals surface area contributed by atoms with Gasteiger partial charge in [-0.1, -0.05) is 26.0 Å². The lowest BCUT2D eigenvalue weighted by Crippen LogP contribution is -2.44. The molecule has 1 saturated heterocycles. The van der Waals surface area contributed by atoms with Gasteiger partial charge in [0.1, 0.15) is 0 Å². The Balaban J connectivity index is 1.82. The molecule has 2 aromatic heterocycles. The quantitative estimate of drug-likeness (QED) is 0.520. The van der Waals surface area contributed by atoms with Gasteiger partial charge in [0.15, 0.2) is 5.82 Å². The number of hydrogen-bond donors (Lipinski definition) is 1. The fourth-order valence-electron chi connectivity index (χ4n) is 5.15. The summed E-state index contributed by atoms with van der Waals surface area (Å²) in [5.41, 5.74) is 2.10. The zero-order valence-corrected chi connectivity index (χ0v) is 21.1. The molecule has 0 spiro atoms. The standard InChI is InChI=1S/C28H39N3O2/c1-18-17-29-25(30-18)23(32)14-20-8-9-22(21-15-27(4,5)33-28(6,7)16-21)31-24(20)19-10-12-26(2,3)13-11-19/h8-10,17,21H,11-16H2,1-7H3,(H,29,30)/i10D,11D2.